The Morgan fingerprint density at radius 1 is 1.23 bits per heavy atom. The van der Waals surface area contributed by atoms with Crippen molar-refractivity contribution in [1.82, 2.24) is 34.3 Å². The molecule has 1 atom stereocenters. The Morgan fingerprint density at radius 3 is 2.77 bits per heavy atom. The van der Waals surface area contributed by atoms with Crippen LogP contribution in [0.4, 0.5) is 0 Å². The van der Waals surface area contributed by atoms with Crippen molar-refractivity contribution in [2.24, 2.45) is 0 Å². The lowest BCUT2D eigenvalue weighted by molar-refractivity contribution is 0.174. The van der Waals surface area contributed by atoms with Crippen molar-refractivity contribution < 1.29 is 5.11 Å². The molecule has 2 N–H and O–H groups in total. The zero-order valence-electron chi connectivity index (χ0n) is 14.6. The Kier molecular flexibility index (Phi) is 3.53. The van der Waals surface area contributed by atoms with Crippen molar-refractivity contribution in [3.05, 3.63) is 36.9 Å². The SMILES string of the molecule is C[C@@H](O)c1nc2cnc3[nH]ccc3c2n1C1CCC(n2cncn2)CC1. The first kappa shape index (κ1) is 15.5. The Bertz CT molecular complexity index is 1040. The van der Waals surface area contributed by atoms with Crippen LogP contribution in [0.25, 0.3) is 22.1 Å². The number of hydrogen-bond donors (Lipinski definition) is 2. The van der Waals surface area contributed by atoms with Gasteiger partial charge in [-0.15, -0.1) is 0 Å². The number of nitrogens with zero attached hydrogens (tertiary/aromatic N) is 6. The highest BCUT2D eigenvalue weighted by molar-refractivity contribution is 6.01. The van der Waals surface area contributed by atoms with Gasteiger partial charge in [0.25, 0.3) is 0 Å². The van der Waals surface area contributed by atoms with Crippen molar-refractivity contribution in [1.29, 1.82) is 0 Å². The summed E-state index contributed by atoms with van der Waals surface area (Å²) in [5.41, 5.74) is 2.76. The van der Waals surface area contributed by atoms with E-state index < -0.39 is 6.10 Å². The fourth-order valence-corrected chi connectivity index (χ4v) is 4.26. The summed E-state index contributed by atoms with van der Waals surface area (Å²) in [5.74, 6) is 0.722. The minimum absolute atomic E-state index is 0.310. The highest BCUT2D eigenvalue weighted by atomic mass is 16.3. The maximum Gasteiger partial charge on any atom is 0.139 e. The molecule has 0 amide bonds. The molecule has 0 radical (unpaired) electrons. The number of aliphatic hydroxyl groups excluding tert-OH is 1. The molecule has 0 aliphatic heterocycles. The molecule has 134 valence electrons. The third-order valence-electron chi connectivity index (χ3n) is 5.48. The van der Waals surface area contributed by atoms with Gasteiger partial charge in [-0.3, -0.25) is 0 Å². The molecule has 0 bridgehead atoms. The number of H-pyrrole nitrogens is 1. The highest BCUT2D eigenvalue weighted by Crippen LogP contribution is 2.39. The number of rotatable bonds is 3. The van der Waals surface area contributed by atoms with E-state index in [1.807, 2.05) is 16.9 Å². The smallest absolute Gasteiger partial charge is 0.139 e. The molecule has 4 aromatic heterocycles. The van der Waals surface area contributed by atoms with Gasteiger partial charge >= 0.3 is 0 Å². The molecule has 8 nitrogen and oxygen atoms in total. The van der Waals surface area contributed by atoms with Crippen molar-refractivity contribution in [2.75, 3.05) is 0 Å². The third-order valence-corrected chi connectivity index (χ3v) is 5.48. The van der Waals surface area contributed by atoms with Crippen molar-refractivity contribution in [2.45, 2.75) is 50.8 Å². The minimum atomic E-state index is -0.621. The number of hydrogen-bond acceptors (Lipinski definition) is 5. The van der Waals surface area contributed by atoms with Crippen LogP contribution in [0, 0.1) is 0 Å². The van der Waals surface area contributed by atoms with Crippen LogP contribution in [0.1, 0.15) is 56.6 Å². The Hall–Kier alpha value is -2.74. The van der Waals surface area contributed by atoms with Crippen molar-refractivity contribution >= 4 is 22.1 Å². The summed E-state index contributed by atoms with van der Waals surface area (Å²) in [6.07, 6.45) is 10.6. The minimum Gasteiger partial charge on any atom is -0.385 e. The maximum absolute atomic E-state index is 10.3. The van der Waals surface area contributed by atoms with Crippen molar-refractivity contribution in [3.63, 3.8) is 0 Å². The zero-order valence-corrected chi connectivity index (χ0v) is 14.6. The average Bonchev–Trinajstić information content (AvgIpc) is 3.39. The first-order valence-electron chi connectivity index (χ1n) is 9.08. The number of nitrogens with one attached hydrogen (secondary N) is 1. The van der Waals surface area contributed by atoms with Gasteiger partial charge in [-0.05, 0) is 38.7 Å². The molecule has 4 aromatic rings. The number of pyridine rings is 1. The summed E-state index contributed by atoms with van der Waals surface area (Å²) in [6.45, 7) is 1.78. The largest absolute Gasteiger partial charge is 0.385 e. The quantitative estimate of drug-likeness (QED) is 0.591. The molecule has 1 saturated carbocycles. The van der Waals surface area contributed by atoms with Crippen LogP contribution in [-0.2, 0) is 0 Å². The van der Waals surface area contributed by atoms with E-state index >= 15 is 0 Å². The predicted octanol–water partition coefficient (Wildman–Crippen LogP) is 2.91. The molecular weight excluding hydrogens is 330 g/mol. The van der Waals surface area contributed by atoms with E-state index in [2.05, 4.69) is 24.6 Å². The number of aliphatic hydroxyl groups is 1. The molecule has 0 saturated heterocycles. The van der Waals surface area contributed by atoms with Crippen LogP contribution in [0.3, 0.4) is 0 Å². The van der Waals surface area contributed by atoms with Crippen molar-refractivity contribution in [3.8, 4) is 0 Å². The third kappa shape index (κ3) is 2.33. The van der Waals surface area contributed by atoms with Gasteiger partial charge in [-0.25, -0.2) is 19.6 Å². The molecule has 5 rings (SSSR count). The molecule has 0 spiro atoms. The van der Waals surface area contributed by atoms with Crippen LogP contribution < -0.4 is 0 Å². The summed E-state index contributed by atoms with van der Waals surface area (Å²) >= 11 is 0. The van der Waals surface area contributed by atoms with Crippen LogP contribution >= 0.6 is 0 Å². The van der Waals surface area contributed by atoms with Gasteiger partial charge in [0.15, 0.2) is 0 Å². The molecule has 1 aliphatic rings. The molecule has 0 unspecified atom stereocenters. The summed E-state index contributed by atoms with van der Waals surface area (Å²) in [7, 11) is 0. The van der Waals surface area contributed by atoms with E-state index in [-0.39, 0.29) is 0 Å². The van der Waals surface area contributed by atoms with Gasteiger partial charge in [0.05, 0.1) is 17.8 Å². The lowest BCUT2D eigenvalue weighted by Crippen LogP contribution is -2.22. The van der Waals surface area contributed by atoms with Crippen LogP contribution in [-0.4, -0.2) is 39.4 Å². The number of aromatic nitrogens is 7. The topological polar surface area (TPSA) is 97.4 Å². The average molecular weight is 351 g/mol. The Balaban J connectivity index is 1.57. The van der Waals surface area contributed by atoms with Gasteiger partial charge in [-0.2, -0.15) is 5.10 Å². The van der Waals surface area contributed by atoms with Gasteiger partial charge < -0.3 is 14.7 Å². The fraction of sp³-hybridized carbons (Fsp3) is 0.444. The molecular formula is C18H21N7O. The first-order chi connectivity index (χ1) is 12.7. The van der Waals surface area contributed by atoms with Gasteiger partial charge in [0.2, 0.25) is 0 Å². The van der Waals surface area contributed by atoms with Gasteiger partial charge in [0.1, 0.15) is 35.7 Å². The monoisotopic (exact) mass is 351 g/mol. The molecule has 1 aliphatic carbocycles. The normalized spacial score (nSPS) is 22.2. The molecule has 4 heterocycles. The van der Waals surface area contributed by atoms with E-state index in [1.165, 1.54) is 0 Å². The summed E-state index contributed by atoms with van der Waals surface area (Å²) in [6, 6.07) is 2.74. The number of aromatic amines is 1. The lowest BCUT2D eigenvalue weighted by Gasteiger charge is -2.31. The predicted molar refractivity (Wildman–Crippen MR) is 96.6 cm³/mol. The van der Waals surface area contributed by atoms with Crippen LogP contribution in [0.2, 0.25) is 0 Å². The van der Waals surface area contributed by atoms with E-state index in [9.17, 15) is 5.11 Å². The Labute approximate surface area is 149 Å². The van der Waals surface area contributed by atoms with Crippen LogP contribution in [0.5, 0.6) is 0 Å². The second-order valence-electron chi connectivity index (χ2n) is 7.09. The molecule has 1 fully saturated rings. The Morgan fingerprint density at radius 2 is 2.04 bits per heavy atom. The fourth-order valence-electron chi connectivity index (χ4n) is 4.26. The van der Waals surface area contributed by atoms with E-state index in [0.717, 1.165) is 53.6 Å². The number of fused-ring (bicyclic) bond motifs is 3. The standard InChI is InChI=1S/C18H21N7O/c1-11(26)18-23-15-8-21-17-14(6-7-20-17)16(15)25(18)13-4-2-12(3-5-13)24-10-19-9-22-24/h6-13,26H,2-5H2,1H3,(H,20,21)/t11-,12?,13?/m1/s1. The first-order valence-corrected chi connectivity index (χ1v) is 9.08. The van der Waals surface area contributed by atoms with E-state index in [0.29, 0.717) is 12.1 Å². The van der Waals surface area contributed by atoms with Crippen LogP contribution in [0.15, 0.2) is 31.1 Å². The summed E-state index contributed by atoms with van der Waals surface area (Å²) in [5, 5.41) is 15.7. The summed E-state index contributed by atoms with van der Waals surface area (Å²) < 4.78 is 4.21. The number of imidazole rings is 1. The summed E-state index contributed by atoms with van der Waals surface area (Å²) in [4.78, 5) is 16.4. The molecule has 8 heteroatoms. The van der Waals surface area contributed by atoms with Gasteiger partial charge in [0, 0.05) is 17.6 Å². The molecule has 0 aromatic carbocycles. The van der Waals surface area contributed by atoms with E-state index in [4.69, 9.17) is 4.98 Å². The molecule has 26 heavy (non-hydrogen) atoms. The zero-order chi connectivity index (χ0) is 17.7. The van der Waals surface area contributed by atoms with E-state index in [1.54, 1.807) is 25.8 Å². The maximum atomic E-state index is 10.3. The second kappa shape index (κ2) is 5.91. The lowest BCUT2D eigenvalue weighted by atomic mass is 9.90. The second-order valence-corrected chi connectivity index (χ2v) is 7.09. The van der Waals surface area contributed by atoms with Gasteiger partial charge in [-0.1, -0.05) is 0 Å². The highest BCUT2D eigenvalue weighted by Gasteiger charge is 2.28.